The molecule has 0 aliphatic heterocycles. The fourth-order valence-electron chi connectivity index (χ4n) is 2.19. The Labute approximate surface area is 155 Å². The second-order valence-corrected chi connectivity index (χ2v) is 7.84. The molecule has 0 aromatic heterocycles. The average molecular weight is 398 g/mol. The van der Waals surface area contributed by atoms with E-state index in [0.717, 1.165) is 6.42 Å². The van der Waals surface area contributed by atoms with E-state index in [2.05, 4.69) is 5.32 Å². The predicted molar refractivity (Wildman–Crippen MR) is 94.5 cm³/mol. The highest BCUT2D eigenvalue weighted by molar-refractivity contribution is 6.52. The Morgan fingerprint density at radius 3 is 2.52 bits per heavy atom. The number of nitrogens with zero attached hydrogens (tertiary/aromatic N) is 1. The van der Waals surface area contributed by atoms with Crippen LogP contribution >= 0.6 is 46.4 Å². The van der Waals surface area contributed by atoms with Gasteiger partial charge in [0, 0.05) is 11.6 Å². The first-order valence-corrected chi connectivity index (χ1v) is 8.67. The van der Waals surface area contributed by atoms with Crippen molar-refractivity contribution < 1.29 is 9.59 Å². The van der Waals surface area contributed by atoms with Crippen molar-refractivity contribution in [3.63, 3.8) is 0 Å². The molecular formula is C15H16Cl4N2O2. The van der Waals surface area contributed by atoms with Crippen LogP contribution in [0, 0.1) is 5.92 Å². The molecule has 0 radical (unpaired) electrons. The summed E-state index contributed by atoms with van der Waals surface area (Å²) in [6, 6.07) is 4.77. The van der Waals surface area contributed by atoms with Gasteiger partial charge in [-0.1, -0.05) is 30.1 Å². The monoisotopic (exact) mass is 396 g/mol. The lowest BCUT2D eigenvalue weighted by Gasteiger charge is -2.22. The lowest BCUT2D eigenvalue weighted by Crippen LogP contribution is -2.40. The maximum absolute atomic E-state index is 12.3. The summed E-state index contributed by atoms with van der Waals surface area (Å²) >= 11 is 23.7. The van der Waals surface area contributed by atoms with E-state index in [4.69, 9.17) is 46.4 Å². The van der Waals surface area contributed by atoms with Gasteiger partial charge < -0.3 is 10.2 Å². The number of nitrogens with one attached hydrogen (secondary N) is 1. The number of carbonyl (C=O) groups excluding carboxylic acids is 2. The molecule has 1 aliphatic rings. The van der Waals surface area contributed by atoms with Crippen LogP contribution in [0.3, 0.4) is 0 Å². The van der Waals surface area contributed by atoms with Crippen molar-refractivity contribution in [2.24, 2.45) is 5.92 Å². The van der Waals surface area contributed by atoms with Gasteiger partial charge in [-0.3, -0.25) is 9.59 Å². The minimum Gasteiger partial charge on any atom is -0.333 e. The SMILES string of the molecule is CCCN(CC(=O)Nc1ccc(Cl)cc1Cl)C(=O)C1CC1(Cl)Cl. The molecule has 0 saturated heterocycles. The van der Waals surface area contributed by atoms with Crippen LogP contribution in [0.4, 0.5) is 5.69 Å². The Hall–Kier alpha value is -0.680. The molecular weight excluding hydrogens is 382 g/mol. The van der Waals surface area contributed by atoms with Gasteiger partial charge in [0.15, 0.2) is 0 Å². The molecule has 0 spiro atoms. The molecule has 1 atom stereocenters. The molecule has 4 nitrogen and oxygen atoms in total. The highest BCUT2D eigenvalue weighted by Crippen LogP contribution is 2.53. The summed E-state index contributed by atoms with van der Waals surface area (Å²) in [5.74, 6) is -0.982. The lowest BCUT2D eigenvalue weighted by molar-refractivity contribution is -0.135. The van der Waals surface area contributed by atoms with Crippen LogP contribution in [0.2, 0.25) is 10.0 Å². The summed E-state index contributed by atoms with van der Waals surface area (Å²) in [7, 11) is 0. The van der Waals surface area contributed by atoms with E-state index in [1.807, 2.05) is 6.92 Å². The minimum atomic E-state index is -1.00. The van der Waals surface area contributed by atoms with E-state index in [1.54, 1.807) is 12.1 Å². The molecule has 1 aromatic carbocycles. The predicted octanol–water partition coefficient (Wildman–Crippen LogP) is 4.36. The molecule has 1 aliphatic carbocycles. The highest BCUT2D eigenvalue weighted by atomic mass is 35.5. The summed E-state index contributed by atoms with van der Waals surface area (Å²) in [6.45, 7) is 2.31. The molecule has 126 valence electrons. The number of carbonyl (C=O) groups is 2. The van der Waals surface area contributed by atoms with Gasteiger partial charge in [0.1, 0.15) is 4.33 Å². The number of halogens is 4. The Bertz CT molecular complexity index is 621. The molecule has 1 unspecified atom stereocenters. The summed E-state index contributed by atoms with van der Waals surface area (Å²) in [5, 5.41) is 3.48. The van der Waals surface area contributed by atoms with Gasteiger partial charge >= 0.3 is 0 Å². The fourth-order valence-corrected chi connectivity index (χ4v) is 3.14. The van der Waals surface area contributed by atoms with Gasteiger partial charge in [-0.25, -0.2) is 0 Å². The first-order chi connectivity index (χ1) is 10.7. The van der Waals surface area contributed by atoms with Crippen LogP contribution in [-0.2, 0) is 9.59 Å². The zero-order valence-corrected chi connectivity index (χ0v) is 15.4. The standard InChI is InChI=1S/C15H16Cl4N2O2/c1-2-5-21(14(23)10-7-15(10,18)19)8-13(22)20-12-4-3-9(16)6-11(12)17/h3-4,6,10H,2,5,7-8H2,1H3,(H,20,22). The molecule has 2 amide bonds. The third kappa shape index (κ3) is 4.90. The first-order valence-electron chi connectivity index (χ1n) is 7.16. The number of alkyl halides is 2. The van der Waals surface area contributed by atoms with Gasteiger partial charge in [0.25, 0.3) is 0 Å². The fraction of sp³-hybridized carbons (Fsp3) is 0.467. The zero-order chi connectivity index (χ0) is 17.2. The molecule has 23 heavy (non-hydrogen) atoms. The number of anilines is 1. The number of benzene rings is 1. The molecule has 8 heteroatoms. The van der Waals surface area contributed by atoms with Gasteiger partial charge in [-0.05, 0) is 31.0 Å². The second kappa shape index (κ2) is 7.47. The summed E-state index contributed by atoms with van der Waals surface area (Å²) < 4.78 is -1.00. The summed E-state index contributed by atoms with van der Waals surface area (Å²) in [4.78, 5) is 26.0. The molecule has 1 saturated carbocycles. The highest BCUT2D eigenvalue weighted by Gasteiger charge is 2.57. The largest absolute Gasteiger partial charge is 0.333 e. The maximum atomic E-state index is 12.3. The van der Waals surface area contributed by atoms with Crippen LogP contribution < -0.4 is 5.32 Å². The number of hydrogen-bond donors (Lipinski definition) is 1. The van der Waals surface area contributed by atoms with Crippen molar-refractivity contribution in [2.75, 3.05) is 18.4 Å². The molecule has 2 rings (SSSR count). The van der Waals surface area contributed by atoms with E-state index in [9.17, 15) is 9.59 Å². The topological polar surface area (TPSA) is 49.4 Å². The van der Waals surface area contributed by atoms with Gasteiger partial charge in [-0.15, -0.1) is 23.2 Å². The summed E-state index contributed by atoms with van der Waals surface area (Å²) in [5.41, 5.74) is 0.445. The quantitative estimate of drug-likeness (QED) is 0.724. The van der Waals surface area contributed by atoms with Crippen molar-refractivity contribution in [1.29, 1.82) is 0 Å². The Morgan fingerprint density at radius 1 is 1.35 bits per heavy atom. The van der Waals surface area contributed by atoms with Crippen LogP contribution in [0.25, 0.3) is 0 Å². The number of hydrogen-bond acceptors (Lipinski definition) is 2. The Morgan fingerprint density at radius 2 is 2.00 bits per heavy atom. The van der Waals surface area contributed by atoms with E-state index in [1.165, 1.54) is 11.0 Å². The van der Waals surface area contributed by atoms with Crippen molar-refractivity contribution in [1.82, 2.24) is 4.90 Å². The Balaban J connectivity index is 1.99. The van der Waals surface area contributed by atoms with Crippen molar-refractivity contribution in [3.8, 4) is 0 Å². The van der Waals surface area contributed by atoms with E-state index < -0.39 is 10.3 Å². The normalized spacial score (nSPS) is 18.4. The third-order valence-electron chi connectivity index (χ3n) is 3.47. The van der Waals surface area contributed by atoms with Crippen molar-refractivity contribution in [3.05, 3.63) is 28.2 Å². The van der Waals surface area contributed by atoms with E-state index in [0.29, 0.717) is 28.7 Å². The molecule has 1 fully saturated rings. The van der Waals surface area contributed by atoms with Crippen molar-refractivity contribution in [2.45, 2.75) is 24.1 Å². The third-order valence-corrected chi connectivity index (χ3v) is 4.85. The molecule has 1 aromatic rings. The lowest BCUT2D eigenvalue weighted by atomic mass is 10.3. The second-order valence-electron chi connectivity index (χ2n) is 5.45. The number of amides is 2. The first kappa shape index (κ1) is 18.7. The van der Waals surface area contributed by atoms with E-state index >= 15 is 0 Å². The molecule has 0 bridgehead atoms. The Kier molecular flexibility index (Phi) is 6.06. The summed E-state index contributed by atoms with van der Waals surface area (Å²) in [6.07, 6.45) is 1.14. The average Bonchev–Trinajstić information content (AvgIpc) is 3.09. The smallest absolute Gasteiger partial charge is 0.244 e. The van der Waals surface area contributed by atoms with Crippen LogP contribution in [0.5, 0.6) is 0 Å². The molecule has 0 heterocycles. The van der Waals surface area contributed by atoms with Crippen LogP contribution in [-0.4, -0.2) is 34.1 Å². The number of rotatable bonds is 6. The van der Waals surface area contributed by atoms with Gasteiger partial charge in [-0.2, -0.15) is 0 Å². The molecule has 1 N–H and O–H groups in total. The van der Waals surface area contributed by atoms with Crippen LogP contribution in [0.1, 0.15) is 19.8 Å². The van der Waals surface area contributed by atoms with Crippen LogP contribution in [0.15, 0.2) is 18.2 Å². The van der Waals surface area contributed by atoms with E-state index in [-0.39, 0.29) is 18.4 Å². The van der Waals surface area contributed by atoms with Gasteiger partial charge in [0.05, 0.1) is 23.2 Å². The maximum Gasteiger partial charge on any atom is 0.244 e. The van der Waals surface area contributed by atoms with Gasteiger partial charge in [0.2, 0.25) is 11.8 Å². The zero-order valence-electron chi connectivity index (χ0n) is 12.4. The minimum absolute atomic E-state index is 0.0774. The van der Waals surface area contributed by atoms with Crippen molar-refractivity contribution >= 4 is 63.9 Å².